The Morgan fingerprint density at radius 2 is 2.09 bits per heavy atom. The van der Waals surface area contributed by atoms with Crippen LogP contribution in [0.5, 0.6) is 5.75 Å². The molecule has 2 aromatic heterocycles. The lowest BCUT2D eigenvalue weighted by molar-refractivity contribution is 0.101. The first-order valence-electron chi connectivity index (χ1n) is 11.1. The highest BCUT2D eigenvalue weighted by Crippen LogP contribution is 2.35. The van der Waals surface area contributed by atoms with Gasteiger partial charge >= 0.3 is 0 Å². The van der Waals surface area contributed by atoms with Crippen LogP contribution in [0.2, 0.25) is 0 Å². The number of carbonyl (C=O) groups excluding carboxylic acids is 1. The van der Waals surface area contributed by atoms with Crippen LogP contribution in [0.4, 0.5) is 4.39 Å². The summed E-state index contributed by atoms with van der Waals surface area (Å²) in [6.45, 7) is 1.38. The van der Waals surface area contributed by atoms with Crippen molar-refractivity contribution in [1.29, 1.82) is 0 Å². The first-order valence-corrected chi connectivity index (χ1v) is 12.9. The Hall–Kier alpha value is -2.23. The average Bonchev–Trinajstić information content (AvgIpc) is 3.17. The molecule has 6 nitrogen and oxygen atoms in total. The highest BCUT2D eigenvalue weighted by atomic mass is 32.2. The van der Waals surface area contributed by atoms with Crippen molar-refractivity contribution in [3.63, 3.8) is 0 Å². The Bertz CT molecular complexity index is 1240. The lowest BCUT2D eigenvalue weighted by Crippen LogP contribution is -2.26. The van der Waals surface area contributed by atoms with Crippen molar-refractivity contribution in [2.24, 2.45) is 0 Å². The summed E-state index contributed by atoms with van der Waals surface area (Å²) < 4.78 is 20.7. The number of nitrogens with zero attached hydrogens (tertiary/aromatic N) is 3. The average molecular weight is 490 g/mol. The molecule has 0 bridgehead atoms. The van der Waals surface area contributed by atoms with Gasteiger partial charge in [-0.3, -0.25) is 14.2 Å². The van der Waals surface area contributed by atoms with Crippen LogP contribution < -0.4 is 10.3 Å². The number of rotatable bonds is 9. The number of fused-ring (bicyclic) bond motifs is 3. The van der Waals surface area contributed by atoms with Crippen LogP contribution in [0.3, 0.4) is 0 Å². The van der Waals surface area contributed by atoms with Gasteiger partial charge in [0, 0.05) is 11.4 Å². The number of thiophene rings is 1. The van der Waals surface area contributed by atoms with Gasteiger partial charge in [0.25, 0.3) is 5.56 Å². The molecule has 0 radical (unpaired) electrons. The molecule has 0 atom stereocenters. The summed E-state index contributed by atoms with van der Waals surface area (Å²) in [5.41, 5.74) is 1.34. The quantitative estimate of drug-likeness (QED) is 0.252. The molecule has 0 spiro atoms. The molecule has 0 fully saturated rings. The van der Waals surface area contributed by atoms with Gasteiger partial charge in [0.05, 0.1) is 23.8 Å². The van der Waals surface area contributed by atoms with E-state index in [9.17, 15) is 14.0 Å². The third kappa shape index (κ3) is 5.15. The van der Waals surface area contributed by atoms with Gasteiger partial charge in [0.15, 0.2) is 10.9 Å². The zero-order chi connectivity index (χ0) is 23.5. The number of methoxy groups -OCH3 is 1. The number of halogens is 1. The molecule has 1 aliphatic carbocycles. The minimum atomic E-state index is -0.492. The number of aromatic nitrogens is 2. The van der Waals surface area contributed by atoms with E-state index in [1.807, 2.05) is 14.1 Å². The van der Waals surface area contributed by atoms with E-state index in [1.54, 1.807) is 15.9 Å². The van der Waals surface area contributed by atoms with E-state index >= 15 is 0 Å². The third-order valence-electron chi connectivity index (χ3n) is 5.82. The van der Waals surface area contributed by atoms with Crippen LogP contribution in [0.25, 0.3) is 10.2 Å². The van der Waals surface area contributed by atoms with Gasteiger partial charge in [0.1, 0.15) is 16.4 Å². The predicted octanol–water partition coefficient (Wildman–Crippen LogP) is 4.41. The number of ether oxygens (including phenoxy) is 1. The molecule has 1 aromatic carbocycles. The maximum absolute atomic E-state index is 13.7. The molecule has 4 rings (SSSR count). The lowest BCUT2D eigenvalue weighted by atomic mass is 9.97. The van der Waals surface area contributed by atoms with Crippen molar-refractivity contribution in [3.05, 3.63) is 50.4 Å². The molecule has 0 amide bonds. The first-order chi connectivity index (χ1) is 15.9. The third-order valence-corrected chi connectivity index (χ3v) is 7.98. The standard InChI is InChI=1S/C24H28FN3O3S2/c1-27(2)11-6-12-28-23(30)21-16-7-4-5-8-20(16)33-22(21)26-24(28)32-14-18(29)17-13-15(25)9-10-19(17)31-3/h9-10,13H,4-8,11-12,14H2,1-3H3. The van der Waals surface area contributed by atoms with Crippen molar-refractivity contribution in [1.82, 2.24) is 14.5 Å². The SMILES string of the molecule is COc1ccc(F)cc1C(=O)CSc1nc2sc3c(c2c(=O)n1CCCN(C)C)CCCC3. The normalized spacial score (nSPS) is 13.5. The van der Waals surface area contributed by atoms with E-state index < -0.39 is 5.82 Å². The molecule has 176 valence electrons. The first kappa shape index (κ1) is 23.9. The smallest absolute Gasteiger partial charge is 0.263 e. The maximum Gasteiger partial charge on any atom is 0.263 e. The monoisotopic (exact) mass is 489 g/mol. The van der Waals surface area contributed by atoms with Crippen molar-refractivity contribution in [2.45, 2.75) is 43.8 Å². The molecule has 0 saturated heterocycles. The Labute approximate surface area is 200 Å². The highest BCUT2D eigenvalue weighted by molar-refractivity contribution is 7.99. The number of hydrogen-bond acceptors (Lipinski definition) is 7. The van der Waals surface area contributed by atoms with Crippen molar-refractivity contribution >= 4 is 39.1 Å². The molecule has 0 aliphatic heterocycles. The lowest BCUT2D eigenvalue weighted by Gasteiger charge is -2.15. The Morgan fingerprint density at radius 3 is 2.85 bits per heavy atom. The van der Waals surface area contributed by atoms with Crippen molar-refractivity contribution < 1.29 is 13.9 Å². The highest BCUT2D eigenvalue weighted by Gasteiger charge is 2.23. The van der Waals surface area contributed by atoms with E-state index in [0.717, 1.165) is 54.4 Å². The van der Waals surface area contributed by atoms with Gasteiger partial charge in [-0.25, -0.2) is 9.37 Å². The van der Waals surface area contributed by atoms with Crippen molar-refractivity contribution in [2.75, 3.05) is 33.5 Å². The molecule has 0 unspecified atom stereocenters. The summed E-state index contributed by atoms with van der Waals surface area (Å²) in [6.07, 6.45) is 4.96. The number of thioether (sulfide) groups is 1. The number of carbonyl (C=O) groups is 1. The number of hydrogen-bond donors (Lipinski definition) is 0. The Morgan fingerprint density at radius 1 is 1.30 bits per heavy atom. The maximum atomic E-state index is 13.7. The number of ketones is 1. The fourth-order valence-corrected chi connectivity index (χ4v) is 6.39. The number of aryl methyl sites for hydroxylation is 2. The van der Waals surface area contributed by atoms with Gasteiger partial charge in [-0.05, 0) is 76.5 Å². The summed E-state index contributed by atoms with van der Waals surface area (Å²) >= 11 is 2.83. The molecule has 0 N–H and O–H groups in total. The van der Waals surface area contributed by atoms with Crippen molar-refractivity contribution in [3.8, 4) is 5.75 Å². The van der Waals surface area contributed by atoms with Crippen LogP contribution in [-0.2, 0) is 19.4 Å². The largest absolute Gasteiger partial charge is 0.496 e. The minimum Gasteiger partial charge on any atom is -0.496 e. The molecule has 33 heavy (non-hydrogen) atoms. The van der Waals surface area contributed by atoms with Crippen LogP contribution in [-0.4, -0.2) is 53.7 Å². The van der Waals surface area contributed by atoms with E-state index in [-0.39, 0.29) is 22.7 Å². The van der Waals surface area contributed by atoms with Gasteiger partial charge < -0.3 is 9.64 Å². The second-order valence-electron chi connectivity index (χ2n) is 8.46. The molecular weight excluding hydrogens is 461 g/mol. The fourth-order valence-electron chi connectivity index (χ4n) is 4.18. The predicted molar refractivity (Wildman–Crippen MR) is 132 cm³/mol. The molecule has 2 heterocycles. The summed E-state index contributed by atoms with van der Waals surface area (Å²) in [5, 5.41) is 1.29. The summed E-state index contributed by atoms with van der Waals surface area (Å²) in [5.74, 6) is -0.388. The van der Waals surface area contributed by atoms with Crippen LogP contribution >= 0.6 is 23.1 Å². The van der Waals surface area contributed by atoms with E-state index in [4.69, 9.17) is 9.72 Å². The van der Waals surface area contributed by atoms with Crippen LogP contribution in [0, 0.1) is 5.82 Å². The topological polar surface area (TPSA) is 64.4 Å². The molecular formula is C24H28FN3O3S2. The summed E-state index contributed by atoms with van der Waals surface area (Å²) in [4.78, 5) is 35.4. The van der Waals surface area contributed by atoms with Crippen LogP contribution in [0.1, 0.15) is 40.1 Å². The molecule has 0 saturated carbocycles. The Kier molecular flexibility index (Phi) is 7.51. The summed E-state index contributed by atoms with van der Waals surface area (Å²) in [6, 6.07) is 3.90. The van der Waals surface area contributed by atoms with E-state index in [0.29, 0.717) is 17.5 Å². The fraction of sp³-hybridized carbons (Fsp3) is 0.458. The van der Waals surface area contributed by atoms with Gasteiger partial charge in [-0.1, -0.05) is 11.8 Å². The zero-order valence-electron chi connectivity index (χ0n) is 19.1. The van der Waals surface area contributed by atoms with E-state index in [2.05, 4.69) is 4.90 Å². The summed E-state index contributed by atoms with van der Waals surface area (Å²) in [7, 11) is 5.45. The Balaban J connectivity index is 1.67. The van der Waals surface area contributed by atoms with Gasteiger partial charge in [0.2, 0.25) is 0 Å². The van der Waals surface area contributed by atoms with Gasteiger partial charge in [-0.15, -0.1) is 11.3 Å². The molecule has 1 aliphatic rings. The molecule has 9 heteroatoms. The van der Waals surface area contributed by atoms with Gasteiger partial charge in [-0.2, -0.15) is 0 Å². The number of Topliss-reactive ketones (excluding diaryl/α,β-unsaturated/α-hetero) is 1. The second-order valence-corrected chi connectivity index (χ2v) is 10.5. The second kappa shape index (κ2) is 10.4. The minimum absolute atomic E-state index is 0.0172. The van der Waals surface area contributed by atoms with Crippen LogP contribution in [0.15, 0.2) is 28.2 Å². The zero-order valence-corrected chi connectivity index (χ0v) is 20.8. The van der Waals surface area contributed by atoms with E-state index in [1.165, 1.54) is 41.9 Å². The number of benzene rings is 1. The molecule has 3 aromatic rings.